The average molecular weight is 314 g/mol. The van der Waals surface area contributed by atoms with Crippen LogP contribution < -0.4 is 0 Å². The molecule has 0 fully saturated rings. The summed E-state index contributed by atoms with van der Waals surface area (Å²) in [4.78, 5) is 22.1. The zero-order valence-corrected chi connectivity index (χ0v) is 11.8. The highest BCUT2D eigenvalue weighted by Gasteiger charge is 2.30. The van der Waals surface area contributed by atoms with Crippen molar-refractivity contribution >= 4 is 24.1 Å². The Bertz CT molecular complexity index is 616. The summed E-state index contributed by atoms with van der Waals surface area (Å²) in [5.74, 6) is -1.36. The zero-order chi connectivity index (χ0) is 16.8. The van der Waals surface area contributed by atoms with Gasteiger partial charge < -0.3 is 9.47 Å². The second-order valence-electron chi connectivity index (χ2n) is 4.05. The van der Waals surface area contributed by atoms with Gasteiger partial charge in [-0.25, -0.2) is 9.59 Å². The molecular weight excluding hydrogens is 301 g/mol. The van der Waals surface area contributed by atoms with E-state index in [1.165, 1.54) is 25.3 Å². The van der Waals surface area contributed by atoms with Crippen LogP contribution in [0, 0.1) is 0 Å². The lowest BCUT2D eigenvalue weighted by molar-refractivity contribution is -0.137. The van der Waals surface area contributed by atoms with Crippen LogP contribution in [0.4, 0.5) is 13.2 Å². The Labute approximate surface area is 124 Å². The number of hydrogen-bond donors (Lipinski definition) is 0. The Morgan fingerprint density at radius 1 is 0.955 bits per heavy atom. The Kier molecular flexibility index (Phi) is 5.91. The van der Waals surface area contributed by atoms with E-state index < -0.39 is 23.7 Å². The third-order valence-corrected chi connectivity index (χ3v) is 2.61. The Balaban J connectivity index is 3.25. The van der Waals surface area contributed by atoms with Crippen LogP contribution in [0.3, 0.4) is 0 Å². The van der Waals surface area contributed by atoms with E-state index >= 15 is 0 Å². The molecule has 0 unspecified atom stereocenters. The van der Waals surface area contributed by atoms with Crippen molar-refractivity contribution in [2.45, 2.75) is 6.18 Å². The van der Waals surface area contributed by atoms with E-state index in [0.29, 0.717) is 5.56 Å². The van der Waals surface area contributed by atoms with Gasteiger partial charge in [-0.15, -0.1) is 0 Å². The maximum Gasteiger partial charge on any atom is 0.416 e. The fourth-order valence-electron chi connectivity index (χ4n) is 1.50. The van der Waals surface area contributed by atoms with Crippen LogP contribution in [0.1, 0.15) is 16.7 Å². The minimum absolute atomic E-state index is 0.111. The minimum atomic E-state index is -4.52. The van der Waals surface area contributed by atoms with Gasteiger partial charge in [0.15, 0.2) is 0 Å². The number of alkyl halides is 3. The molecule has 0 spiro atoms. The molecule has 0 aliphatic rings. The van der Waals surface area contributed by atoms with Crippen LogP contribution in [-0.2, 0) is 25.2 Å². The number of carbonyl (C=O) groups is 2. The third-order valence-electron chi connectivity index (χ3n) is 2.61. The smallest absolute Gasteiger partial charge is 0.416 e. The van der Waals surface area contributed by atoms with E-state index in [2.05, 4.69) is 9.47 Å². The normalized spacial score (nSPS) is 11.9. The fourth-order valence-corrected chi connectivity index (χ4v) is 1.50. The third kappa shape index (κ3) is 5.08. The van der Waals surface area contributed by atoms with Gasteiger partial charge in [-0.05, 0) is 35.4 Å². The maximum absolute atomic E-state index is 12.7. The molecule has 0 atom stereocenters. The average Bonchev–Trinajstić information content (AvgIpc) is 2.49. The van der Waals surface area contributed by atoms with Crippen molar-refractivity contribution in [3.63, 3.8) is 0 Å². The molecule has 0 radical (unpaired) electrons. The fraction of sp³-hybridized carbons (Fsp3) is 0.200. The minimum Gasteiger partial charge on any atom is -0.466 e. The summed E-state index contributed by atoms with van der Waals surface area (Å²) in [5.41, 5.74) is -0.439. The molecule has 0 aliphatic heterocycles. The lowest BCUT2D eigenvalue weighted by Gasteiger charge is -2.09. The molecule has 118 valence electrons. The van der Waals surface area contributed by atoms with Crippen LogP contribution in [0.25, 0.3) is 12.2 Å². The second kappa shape index (κ2) is 7.44. The summed E-state index contributed by atoms with van der Waals surface area (Å²) in [5, 5.41) is 0. The molecule has 0 aromatic heterocycles. The van der Waals surface area contributed by atoms with E-state index in [9.17, 15) is 22.8 Å². The van der Waals surface area contributed by atoms with E-state index in [-0.39, 0.29) is 5.56 Å². The molecule has 0 saturated carbocycles. The molecule has 7 heteroatoms. The molecule has 0 N–H and O–H groups in total. The topological polar surface area (TPSA) is 52.6 Å². The van der Waals surface area contributed by atoms with Crippen molar-refractivity contribution in [1.82, 2.24) is 0 Å². The second-order valence-corrected chi connectivity index (χ2v) is 4.05. The van der Waals surface area contributed by atoms with Gasteiger partial charge in [-0.1, -0.05) is 6.07 Å². The quantitative estimate of drug-likeness (QED) is 0.633. The summed E-state index contributed by atoms with van der Waals surface area (Å²) >= 11 is 0. The highest BCUT2D eigenvalue weighted by atomic mass is 19.4. The van der Waals surface area contributed by atoms with Crippen LogP contribution >= 0.6 is 0 Å². The Morgan fingerprint density at radius 2 is 1.45 bits per heavy atom. The molecule has 0 saturated heterocycles. The monoisotopic (exact) mass is 314 g/mol. The molecule has 4 nitrogen and oxygen atoms in total. The largest absolute Gasteiger partial charge is 0.466 e. The number of methoxy groups -OCH3 is 2. The molecule has 0 aliphatic carbocycles. The highest BCUT2D eigenvalue weighted by Crippen LogP contribution is 2.31. The van der Waals surface area contributed by atoms with Crippen molar-refractivity contribution in [1.29, 1.82) is 0 Å². The molecule has 1 rings (SSSR count). The summed E-state index contributed by atoms with van der Waals surface area (Å²) in [6.07, 6.45) is 0.0163. The van der Waals surface area contributed by atoms with Gasteiger partial charge in [-0.2, -0.15) is 13.2 Å². The molecule has 0 bridgehead atoms. The van der Waals surface area contributed by atoms with Crippen LogP contribution in [0.15, 0.2) is 30.4 Å². The van der Waals surface area contributed by atoms with Crippen molar-refractivity contribution in [3.8, 4) is 0 Å². The number of ether oxygens (including phenoxy) is 2. The van der Waals surface area contributed by atoms with Gasteiger partial charge in [0.25, 0.3) is 0 Å². The van der Waals surface area contributed by atoms with E-state index in [1.54, 1.807) is 0 Å². The summed E-state index contributed by atoms with van der Waals surface area (Å²) in [7, 11) is 2.33. The SMILES string of the molecule is COC(=O)/C=C/c1ccc(C(F)(F)F)cc1/C=C/C(=O)OC. The van der Waals surface area contributed by atoms with Gasteiger partial charge in [0, 0.05) is 12.2 Å². The number of hydrogen-bond acceptors (Lipinski definition) is 4. The van der Waals surface area contributed by atoms with Gasteiger partial charge in [0.1, 0.15) is 0 Å². The number of carbonyl (C=O) groups excluding carboxylic acids is 2. The first-order chi connectivity index (χ1) is 10.3. The van der Waals surface area contributed by atoms with Crippen LogP contribution in [-0.4, -0.2) is 26.2 Å². The van der Waals surface area contributed by atoms with Gasteiger partial charge in [0.05, 0.1) is 19.8 Å². The van der Waals surface area contributed by atoms with Crippen LogP contribution in [0.2, 0.25) is 0 Å². The van der Waals surface area contributed by atoms with E-state index in [4.69, 9.17) is 0 Å². The highest BCUT2D eigenvalue weighted by molar-refractivity contribution is 5.90. The molecule has 1 aromatic rings. The molecule has 1 aromatic carbocycles. The Hall–Kier alpha value is -2.57. The van der Waals surface area contributed by atoms with Crippen LogP contribution in [0.5, 0.6) is 0 Å². The van der Waals surface area contributed by atoms with Gasteiger partial charge in [-0.3, -0.25) is 0 Å². The van der Waals surface area contributed by atoms with Crippen molar-refractivity contribution in [3.05, 3.63) is 47.0 Å². The van der Waals surface area contributed by atoms with Crippen molar-refractivity contribution in [2.75, 3.05) is 14.2 Å². The van der Waals surface area contributed by atoms with Crippen molar-refractivity contribution < 1.29 is 32.2 Å². The van der Waals surface area contributed by atoms with Crippen molar-refractivity contribution in [2.24, 2.45) is 0 Å². The van der Waals surface area contributed by atoms with Gasteiger partial charge >= 0.3 is 18.1 Å². The summed E-state index contributed by atoms with van der Waals surface area (Å²) in [6.45, 7) is 0. The maximum atomic E-state index is 12.7. The zero-order valence-electron chi connectivity index (χ0n) is 11.8. The number of benzene rings is 1. The summed E-state index contributed by atoms with van der Waals surface area (Å²) in [6, 6.07) is 2.95. The first-order valence-corrected chi connectivity index (χ1v) is 6.01. The standard InChI is InChI=1S/C15H13F3O4/c1-21-13(19)7-4-10-3-6-12(15(16,17)18)9-11(10)5-8-14(20)22-2/h3-9H,1-2H3/b7-4+,8-5+. The Morgan fingerprint density at radius 3 is 1.91 bits per heavy atom. The number of halogens is 3. The molecule has 0 heterocycles. The lowest BCUT2D eigenvalue weighted by Crippen LogP contribution is -2.05. The number of rotatable bonds is 4. The van der Waals surface area contributed by atoms with E-state index in [1.807, 2.05) is 0 Å². The van der Waals surface area contributed by atoms with Gasteiger partial charge in [0.2, 0.25) is 0 Å². The predicted molar refractivity (Wildman–Crippen MR) is 73.5 cm³/mol. The first kappa shape index (κ1) is 17.5. The molecule has 0 amide bonds. The molecule has 22 heavy (non-hydrogen) atoms. The lowest BCUT2D eigenvalue weighted by atomic mass is 10.0. The summed E-state index contributed by atoms with van der Waals surface area (Å²) < 4.78 is 47.0. The van der Waals surface area contributed by atoms with E-state index in [0.717, 1.165) is 31.4 Å². The first-order valence-electron chi connectivity index (χ1n) is 6.01. The predicted octanol–water partition coefficient (Wildman–Crippen LogP) is 3.08. The number of esters is 2. The molecular formula is C15H13F3O4.